The van der Waals surface area contributed by atoms with E-state index in [1.807, 2.05) is 6.20 Å². The van der Waals surface area contributed by atoms with Crippen LogP contribution in [0.1, 0.15) is 56.7 Å². The van der Waals surface area contributed by atoms with Crippen molar-refractivity contribution >= 4 is 28.1 Å². The summed E-state index contributed by atoms with van der Waals surface area (Å²) >= 11 is 0. The fourth-order valence-corrected chi connectivity index (χ4v) is 4.10. The topological polar surface area (TPSA) is 78.8 Å². The first-order chi connectivity index (χ1) is 13.5. The van der Waals surface area contributed by atoms with Gasteiger partial charge in [0.15, 0.2) is 0 Å². The van der Waals surface area contributed by atoms with Gasteiger partial charge in [0.25, 0.3) is 0 Å². The van der Waals surface area contributed by atoms with Crippen LogP contribution in [0.15, 0.2) is 36.5 Å². The molecule has 0 spiro atoms. The number of fused-ring (bicyclic) bond motifs is 1. The van der Waals surface area contributed by atoms with E-state index in [-0.39, 0.29) is 6.04 Å². The van der Waals surface area contributed by atoms with E-state index < -0.39 is 0 Å². The van der Waals surface area contributed by atoms with E-state index in [0.29, 0.717) is 12.0 Å². The minimum atomic E-state index is 0.219. The maximum Gasteiger partial charge on any atom is 0.130 e. The van der Waals surface area contributed by atoms with Crippen molar-refractivity contribution in [2.45, 2.75) is 64.5 Å². The zero-order valence-electron chi connectivity index (χ0n) is 17.0. The number of nitrogens with one attached hydrogen (secondary N) is 3. The quantitative estimate of drug-likeness (QED) is 0.479. The van der Waals surface area contributed by atoms with Gasteiger partial charge in [-0.05, 0) is 61.6 Å². The van der Waals surface area contributed by atoms with Crippen LogP contribution in [0.4, 0.5) is 17.2 Å². The van der Waals surface area contributed by atoms with Crippen LogP contribution < -0.4 is 16.4 Å². The van der Waals surface area contributed by atoms with Gasteiger partial charge >= 0.3 is 0 Å². The van der Waals surface area contributed by atoms with Gasteiger partial charge in [-0.2, -0.15) is 0 Å². The maximum atomic E-state index is 6.35. The number of anilines is 3. The summed E-state index contributed by atoms with van der Waals surface area (Å²) in [6.45, 7) is 6.47. The smallest absolute Gasteiger partial charge is 0.130 e. The van der Waals surface area contributed by atoms with Crippen molar-refractivity contribution in [1.82, 2.24) is 9.97 Å². The third kappa shape index (κ3) is 3.99. The highest BCUT2D eigenvalue weighted by molar-refractivity contribution is 5.96. The lowest BCUT2D eigenvalue weighted by Gasteiger charge is -2.30. The van der Waals surface area contributed by atoms with Crippen LogP contribution in [0.25, 0.3) is 10.9 Å². The van der Waals surface area contributed by atoms with Gasteiger partial charge in [-0.25, -0.2) is 4.98 Å². The molecule has 5 N–H and O–H groups in total. The fourth-order valence-electron chi connectivity index (χ4n) is 4.10. The Hall–Kier alpha value is -2.53. The molecule has 5 nitrogen and oxygen atoms in total. The molecule has 3 aromatic rings. The SMILES string of the molecule is Cc1cc(Nc2cc(N[C@@H]3CCCC[C@@H]3N)cc3[nH]ccc23)nc(C(C)C)c1. The van der Waals surface area contributed by atoms with Crippen molar-refractivity contribution in [3.05, 3.63) is 47.8 Å². The van der Waals surface area contributed by atoms with E-state index in [4.69, 9.17) is 10.7 Å². The van der Waals surface area contributed by atoms with Gasteiger partial charge in [0.05, 0.1) is 5.69 Å². The maximum absolute atomic E-state index is 6.35. The third-order valence-electron chi connectivity index (χ3n) is 5.68. The number of aromatic nitrogens is 2. The molecule has 0 saturated heterocycles. The summed E-state index contributed by atoms with van der Waals surface area (Å²) in [5.74, 6) is 1.28. The lowest BCUT2D eigenvalue weighted by molar-refractivity contribution is 0.404. The van der Waals surface area contributed by atoms with Gasteiger partial charge in [-0.3, -0.25) is 0 Å². The van der Waals surface area contributed by atoms with Crippen LogP contribution in [-0.2, 0) is 0 Å². The molecule has 4 rings (SSSR count). The Morgan fingerprint density at radius 2 is 1.96 bits per heavy atom. The molecule has 1 saturated carbocycles. The Morgan fingerprint density at radius 3 is 2.75 bits per heavy atom. The Labute approximate surface area is 167 Å². The second-order valence-electron chi connectivity index (χ2n) is 8.40. The lowest BCUT2D eigenvalue weighted by atomic mass is 9.91. The molecule has 5 heteroatoms. The molecule has 0 radical (unpaired) electrons. The number of rotatable bonds is 5. The molecule has 1 aliphatic rings. The molecule has 1 aromatic carbocycles. The number of H-pyrrole nitrogens is 1. The summed E-state index contributed by atoms with van der Waals surface area (Å²) in [5.41, 5.74) is 11.9. The molecular formula is C23H31N5. The average Bonchev–Trinajstić information content (AvgIpc) is 3.12. The van der Waals surface area contributed by atoms with Crippen LogP contribution in [0, 0.1) is 6.92 Å². The van der Waals surface area contributed by atoms with Gasteiger partial charge in [0.2, 0.25) is 0 Å². The van der Waals surface area contributed by atoms with Crippen molar-refractivity contribution < 1.29 is 0 Å². The number of nitrogens with two attached hydrogens (primary N) is 1. The molecule has 0 aliphatic heterocycles. The number of aromatic amines is 1. The zero-order chi connectivity index (χ0) is 19.7. The normalized spacial score (nSPS) is 19.9. The number of nitrogens with zero attached hydrogens (tertiary/aromatic N) is 1. The number of hydrogen-bond acceptors (Lipinski definition) is 4. The lowest BCUT2D eigenvalue weighted by Crippen LogP contribution is -2.42. The number of hydrogen-bond donors (Lipinski definition) is 4. The first kappa shape index (κ1) is 18.8. The summed E-state index contributed by atoms with van der Waals surface area (Å²) in [7, 11) is 0. The Bertz CT molecular complexity index is 959. The van der Waals surface area contributed by atoms with Gasteiger partial charge in [0.1, 0.15) is 5.82 Å². The summed E-state index contributed by atoms with van der Waals surface area (Å²) in [5, 5.41) is 8.39. The molecule has 148 valence electrons. The van der Waals surface area contributed by atoms with Crippen LogP contribution in [0.5, 0.6) is 0 Å². The molecule has 0 unspecified atom stereocenters. The minimum absolute atomic E-state index is 0.219. The number of aryl methyl sites for hydroxylation is 1. The second-order valence-corrected chi connectivity index (χ2v) is 8.40. The Kier molecular flexibility index (Phi) is 5.27. The summed E-state index contributed by atoms with van der Waals surface area (Å²) in [4.78, 5) is 8.16. The van der Waals surface area contributed by atoms with E-state index in [2.05, 4.69) is 66.7 Å². The predicted octanol–water partition coefficient (Wildman–Crippen LogP) is 5.42. The fraction of sp³-hybridized carbons (Fsp3) is 0.435. The molecule has 2 atom stereocenters. The Morgan fingerprint density at radius 1 is 1.14 bits per heavy atom. The first-order valence-corrected chi connectivity index (χ1v) is 10.4. The summed E-state index contributed by atoms with van der Waals surface area (Å²) in [6.07, 6.45) is 6.68. The first-order valence-electron chi connectivity index (χ1n) is 10.4. The molecule has 0 bridgehead atoms. The molecular weight excluding hydrogens is 346 g/mol. The van der Waals surface area contributed by atoms with E-state index in [1.54, 1.807) is 0 Å². The van der Waals surface area contributed by atoms with Crippen molar-refractivity contribution in [3.63, 3.8) is 0 Å². The highest BCUT2D eigenvalue weighted by Crippen LogP contribution is 2.32. The van der Waals surface area contributed by atoms with Crippen molar-refractivity contribution in [3.8, 4) is 0 Å². The van der Waals surface area contributed by atoms with E-state index in [1.165, 1.54) is 18.4 Å². The third-order valence-corrected chi connectivity index (χ3v) is 5.68. The second kappa shape index (κ2) is 7.84. The average molecular weight is 378 g/mol. The highest BCUT2D eigenvalue weighted by Gasteiger charge is 2.22. The molecule has 2 heterocycles. The summed E-state index contributed by atoms with van der Waals surface area (Å²) < 4.78 is 0. The van der Waals surface area contributed by atoms with E-state index >= 15 is 0 Å². The standard InChI is InChI=1S/C23H31N5/c1-14(2)20-10-15(3)11-23(27-20)28-22-13-16(12-21-17(22)8-9-25-21)26-19-7-5-4-6-18(19)24/h8-14,18-19,25-26H,4-7,24H2,1-3H3,(H,27,28)/t18-,19+/m0/s1. The highest BCUT2D eigenvalue weighted by atomic mass is 15.0. The van der Waals surface area contributed by atoms with Crippen molar-refractivity contribution in [1.29, 1.82) is 0 Å². The predicted molar refractivity (Wildman–Crippen MR) is 118 cm³/mol. The molecule has 1 fully saturated rings. The van der Waals surface area contributed by atoms with Gasteiger partial charge in [0, 0.05) is 40.6 Å². The largest absolute Gasteiger partial charge is 0.381 e. The monoisotopic (exact) mass is 377 g/mol. The zero-order valence-corrected chi connectivity index (χ0v) is 17.0. The molecule has 28 heavy (non-hydrogen) atoms. The van der Waals surface area contributed by atoms with Crippen molar-refractivity contribution in [2.75, 3.05) is 10.6 Å². The van der Waals surface area contributed by atoms with E-state index in [0.717, 1.165) is 46.6 Å². The van der Waals surface area contributed by atoms with Gasteiger partial charge in [-0.15, -0.1) is 0 Å². The van der Waals surface area contributed by atoms with Crippen molar-refractivity contribution in [2.24, 2.45) is 5.73 Å². The van der Waals surface area contributed by atoms with Gasteiger partial charge < -0.3 is 21.4 Å². The summed E-state index contributed by atoms with van der Waals surface area (Å²) in [6, 6.07) is 11.3. The van der Waals surface area contributed by atoms with E-state index in [9.17, 15) is 0 Å². The minimum Gasteiger partial charge on any atom is -0.381 e. The molecule has 1 aliphatic carbocycles. The van der Waals surface area contributed by atoms with Crippen LogP contribution in [0.3, 0.4) is 0 Å². The Balaban J connectivity index is 1.66. The van der Waals surface area contributed by atoms with Crippen LogP contribution in [-0.4, -0.2) is 22.1 Å². The molecule has 0 amide bonds. The van der Waals surface area contributed by atoms with Crippen LogP contribution in [0.2, 0.25) is 0 Å². The van der Waals surface area contributed by atoms with Crippen LogP contribution >= 0.6 is 0 Å². The van der Waals surface area contributed by atoms with Gasteiger partial charge in [-0.1, -0.05) is 26.7 Å². The molecule has 2 aromatic heterocycles. The number of benzene rings is 1. The number of pyridine rings is 1.